The van der Waals surface area contributed by atoms with Crippen LogP contribution >= 0.6 is 0 Å². The van der Waals surface area contributed by atoms with Gasteiger partial charge in [0.15, 0.2) is 0 Å². The summed E-state index contributed by atoms with van der Waals surface area (Å²) in [5, 5.41) is 1.16. The van der Waals surface area contributed by atoms with Gasteiger partial charge in [0, 0.05) is 11.1 Å². The van der Waals surface area contributed by atoms with Crippen molar-refractivity contribution in [3.63, 3.8) is 0 Å². The summed E-state index contributed by atoms with van der Waals surface area (Å²) >= 11 is 0. The molecule has 0 saturated carbocycles. The highest BCUT2D eigenvalue weighted by Gasteiger charge is 2.25. The molecule has 1 atom stereocenters. The van der Waals surface area contributed by atoms with Crippen molar-refractivity contribution in [3.05, 3.63) is 41.6 Å². The molecule has 1 aromatic carbocycles. The third-order valence-corrected chi connectivity index (χ3v) is 3.22. The van der Waals surface area contributed by atoms with Gasteiger partial charge in [0.1, 0.15) is 0 Å². The normalized spacial score (nSPS) is 13.8. The summed E-state index contributed by atoms with van der Waals surface area (Å²) in [4.78, 5) is 4.51. The Morgan fingerprint density at radius 2 is 1.89 bits per heavy atom. The highest BCUT2D eigenvalue weighted by molar-refractivity contribution is 5.79. The maximum Gasteiger partial charge on any atom is 0.0705 e. The number of nitrogens with two attached hydrogens (primary N) is 1. The summed E-state index contributed by atoms with van der Waals surface area (Å²) in [6, 6.07) is 10.6. The molecule has 3 nitrogen and oxygen atoms in total. The number of nitrogens with zero attached hydrogens (tertiary/aromatic N) is 1. The zero-order chi connectivity index (χ0) is 13.3. The van der Waals surface area contributed by atoms with Crippen molar-refractivity contribution in [1.29, 1.82) is 0 Å². The molecule has 18 heavy (non-hydrogen) atoms. The molecule has 1 unspecified atom stereocenters. The zero-order valence-corrected chi connectivity index (χ0v) is 11.5. The molecule has 1 heterocycles. The molecule has 0 amide bonds. The van der Waals surface area contributed by atoms with Gasteiger partial charge in [-0.05, 0) is 36.1 Å². The number of fused-ring (bicyclic) bond motifs is 1. The highest BCUT2D eigenvalue weighted by atomic mass is 15.2. The average molecular weight is 243 g/mol. The predicted octanol–water partition coefficient (Wildman–Crippen LogP) is 3.09. The summed E-state index contributed by atoms with van der Waals surface area (Å²) in [5.41, 5.74) is 6.25. The highest BCUT2D eigenvalue weighted by Crippen LogP contribution is 2.33. The molecule has 0 aliphatic rings. The topological polar surface area (TPSA) is 50.9 Å². The van der Waals surface area contributed by atoms with Crippen LogP contribution in [0.25, 0.3) is 10.9 Å². The lowest BCUT2D eigenvalue weighted by Gasteiger charge is -2.30. The lowest BCUT2D eigenvalue weighted by Crippen LogP contribution is -2.36. The number of hydrogen-bond donors (Lipinski definition) is 2. The van der Waals surface area contributed by atoms with Gasteiger partial charge >= 0.3 is 0 Å². The molecular weight excluding hydrogens is 222 g/mol. The van der Waals surface area contributed by atoms with Gasteiger partial charge in [-0.3, -0.25) is 16.3 Å². The first kappa shape index (κ1) is 13.0. The van der Waals surface area contributed by atoms with Gasteiger partial charge < -0.3 is 0 Å². The molecule has 0 saturated heterocycles. The summed E-state index contributed by atoms with van der Waals surface area (Å²) < 4.78 is 0. The van der Waals surface area contributed by atoms with Gasteiger partial charge in [0.2, 0.25) is 0 Å². The second-order valence-electron chi connectivity index (χ2n) is 5.87. The van der Waals surface area contributed by atoms with Crippen LogP contribution in [-0.2, 0) is 0 Å². The van der Waals surface area contributed by atoms with Gasteiger partial charge in [-0.1, -0.05) is 32.9 Å². The lowest BCUT2D eigenvalue weighted by atomic mass is 9.82. The van der Waals surface area contributed by atoms with Gasteiger partial charge in [-0.15, -0.1) is 0 Å². The van der Waals surface area contributed by atoms with Gasteiger partial charge in [-0.25, -0.2) is 0 Å². The van der Waals surface area contributed by atoms with Crippen LogP contribution in [-0.4, -0.2) is 4.98 Å². The third-order valence-electron chi connectivity index (χ3n) is 3.22. The van der Waals surface area contributed by atoms with E-state index in [-0.39, 0.29) is 11.5 Å². The Hall–Kier alpha value is -1.45. The maximum atomic E-state index is 5.69. The number of hydrazine groups is 1. The standard InChI is InChI=1S/C15H21N3/c1-10-5-6-11-9-12(7-8-13(11)17-10)14(18-16)15(2,3)4/h5-9,14,18H,16H2,1-4H3. The van der Waals surface area contributed by atoms with Crippen LogP contribution in [0.3, 0.4) is 0 Å². The number of nitrogens with one attached hydrogen (secondary N) is 1. The molecule has 0 bridgehead atoms. The predicted molar refractivity (Wildman–Crippen MR) is 76.0 cm³/mol. The van der Waals surface area contributed by atoms with Crippen molar-refractivity contribution in [3.8, 4) is 0 Å². The SMILES string of the molecule is Cc1ccc2cc(C(NN)C(C)(C)C)ccc2n1. The van der Waals surface area contributed by atoms with Gasteiger partial charge in [-0.2, -0.15) is 0 Å². The first-order valence-electron chi connectivity index (χ1n) is 6.25. The molecular formula is C15H21N3. The number of aryl methyl sites for hydroxylation is 1. The van der Waals surface area contributed by atoms with Crippen LogP contribution in [0.1, 0.15) is 38.1 Å². The number of rotatable bonds is 2. The quantitative estimate of drug-likeness (QED) is 0.629. The lowest BCUT2D eigenvalue weighted by molar-refractivity contribution is 0.276. The first-order chi connectivity index (χ1) is 8.41. The Balaban J connectivity index is 2.49. The number of hydrogen-bond acceptors (Lipinski definition) is 3. The van der Waals surface area contributed by atoms with E-state index >= 15 is 0 Å². The molecule has 0 fully saturated rings. The molecule has 1 aromatic heterocycles. The summed E-state index contributed by atoms with van der Waals surface area (Å²) in [6.45, 7) is 8.53. The Bertz CT molecular complexity index is 555. The fraction of sp³-hybridized carbons (Fsp3) is 0.400. The van der Waals surface area contributed by atoms with Crippen molar-refractivity contribution in [2.24, 2.45) is 11.3 Å². The molecule has 0 aliphatic carbocycles. The van der Waals surface area contributed by atoms with Gasteiger partial charge in [0.05, 0.1) is 11.6 Å². The minimum Gasteiger partial charge on any atom is -0.271 e. The van der Waals surface area contributed by atoms with Crippen LogP contribution < -0.4 is 11.3 Å². The summed E-state index contributed by atoms with van der Waals surface area (Å²) in [6.07, 6.45) is 0. The fourth-order valence-electron chi connectivity index (χ4n) is 2.27. The van der Waals surface area contributed by atoms with E-state index in [9.17, 15) is 0 Å². The average Bonchev–Trinajstić information content (AvgIpc) is 2.28. The number of pyridine rings is 1. The van der Waals surface area contributed by atoms with Crippen LogP contribution in [0.15, 0.2) is 30.3 Å². The van der Waals surface area contributed by atoms with Crippen molar-refractivity contribution in [1.82, 2.24) is 10.4 Å². The van der Waals surface area contributed by atoms with Crippen LogP contribution in [0, 0.1) is 12.3 Å². The fourth-order valence-corrected chi connectivity index (χ4v) is 2.27. The molecule has 3 N–H and O–H groups in total. The molecule has 0 spiro atoms. The number of aromatic nitrogens is 1. The smallest absolute Gasteiger partial charge is 0.0705 e. The second kappa shape index (κ2) is 4.67. The van der Waals surface area contributed by atoms with E-state index in [0.29, 0.717) is 0 Å². The van der Waals surface area contributed by atoms with E-state index in [1.807, 2.05) is 13.0 Å². The van der Waals surface area contributed by atoms with Crippen molar-refractivity contribution in [2.75, 3.05) is 0 Å². The van der Waals surface area contributed by atoms with E-state index in [1.165, 1.54) is 5.56 Å². The zero-order valence-electron chi connectivity index (χ0n) is 11.5. The molecule has 2 rings (SSSR count). The Labute approximate surface area is 108 Å². The van der Waals surface area contributed by atoms with E-state index in [4.69, 9.17) is 5.84 Å². The third kappa shape index (κ3) is 2.52. The Morgan fingerprint density at radius 3 is 2.50 bits per heavy atom. The van der Waals surface area contributed by atoms with Crippen LogP contribution in [0.5, 0.6) is 0 Å². The van der Waals surface area contributed by atoms with E-state index < -0.39 is 0 Å². The van der Waals surface area contributed by atoms with Crippen molar-refractivity contribution in [2.45, 2.75) is 33.7 Å². The summed E-state index contributed by atoms with van der Waals surface area (Å²) in [7, 11) is 0. The maximum absolute atomic E-state index is 5.69. The minimum absolute atomic E-state index is 0.0700. The van der Waals surface area contributed by atoms with E-state index in [0.717, 1.165) is 16.6 Å². The number of benzene rings is 1. The van der Waals surface area contributed by atoms with Gasteiger partial charge in [0.25, 0.3) is 0 Å². The second-order valence-corrected chi connectivity index (χ2v) is 5.87. The van der Waals surface area contributed by atoms with Crippen molar-refractivity contribution < 1.29 is 0 Å². The molecule has 2 aromatic rings. The molecule has 3 heteroatoms. The van der Waals surface area contributed by atoms with Crippen molar-refractivity contribution >= 4 is 10.9 Å². The van der Waals surface area contributed by atoms with E-state index in [1.54, 1.807) is 0 Å². The first-order valence-corrected chi connectivity index (χ1v) is 6.25. The summed E-state index contributed by atoms with van der Waals surface area (Å²) in [5.74, 6) is 5.69. The molecule has 0 radical (unpaired) electrons. The largest absolute Gasteiger partial charge is 0.271 e. The molecule has 96 valence electrons. The van der Waals surface area contributed by atoms with Crippen LogP contribution in [0.4, 0.5) is 0 Å². The monoisotopic (exact) mass is 243 g/mol. The minimum atomic E-state index is 0.0700. The van der Waals surface area contributed by atoms with E-state index in [2.05, 4.69) is 55.4 Å². The van der Waals surface area contributed by atoms with Crippen LogP contribution in [0.2, 0.25) is 0 Å². The Kier molecular flexibility index (Phi) is 3.37. The molecule has 0 aliphatic heterocycles. The Morgan fingerprint density at radius 1 is 1.17 bits per heavy atom.